The van der Waals surface area contributed by atoms with Gasteiger partial charge in [-0.15, -0.1) is 0 Å². The minimum Gasteiger partial charge on any atom is -0.457 e. The van der Waals surface area contributed by atoms with Crippen LogP contribution < -0.4 is 0 Å². The van der Waals surface area contributed by atoms with E-state index < -0.39 is 5.97 Å². The third-order valence-corrected chi connectivity index (χ3v) is 2.99. The van der Waals surface area contributed by atoms with E-state index in [1.807, 2.05) is 13.8 Å². The quantitative estimate of drug-likeness (QED) is 0.406. The SMILES string of the molecule is CCC/C=C1/C(=O)O[C@H](C)[C@H](C)N(C)C1=O. The molecule has 1 saturated heterocycles. The second-order valence-electron chi connectivity index (χ2n) is 4.17. The molecule has 16 heavy (non-hydrogen) atoms. The van der Waals surface area contributed by atoms with Gasteiger partial charge >= 0.3 is 5.97 Å². The Balaban J connectivity index is 3.00. The van der Waals surface area contributed by atoms with Crippen LogP contribution in [-0.4, -0.2) is 36.0 Å². The van der Waals surface area contributed by atoms with Gasteiger partial charge in [0.15, 0.2) is 0 Å². The summed E-state index contributed by atoms with van der Waals surface area (Å²) in [5.41, 5.74) is 0.167. The molecule has 90 valence electrons. The van der Waals surface area contributed by atoms with Crippen molar-refractivity contribution < 1.29 is 14.3 Å². The largest absolute Gasteiger partial charge is 0.457 e. The molecule has 1 rings (SSSR count). The summed E-state index contributed by atoms with van der Waals surface area (Å²) in [6, 6.07) is -0.0935. The molecule has 0 saturated carbocycles. The fourth-order valence-electron chi connectivity index (χ4n) is 1.57. The topological polar surface area (TPSA) is 46.6 Å². The molecular formula is C12H19NO3. The zero-order valence-corrected chi connectivity index (χ0v) is 10.3. The molecule has 1 aliphatic heterocycles. The van der Waals surface area contributed by atoms with Gasteiger partial charge in [0.2, 0.25) is 0 Å². The van der Waals surface area contributed by atoms with Crippen molar-refractivity contribution >= 4 is 11.9 Å². The lowest BCUT2D eigenvalue weighted by atomic mass is 10.1. The summed E-state index contributed by atoms with van der Waals surface area (Å²) in [4.78, 5) is 25.2. The van der Waals surface area contributed by atoms with Crippen molar-refractivity contribution in [2.75, 3.05) is 7.05 Å². The first-order valence-corrected chi connectivity index (χ1v) is 5.67. The average Bonchev–Trinajstić information content (AvgIpc) is 2.31. The number of hydrogen-bond acceptors (Lipinski definition) is 3. The maximum absolute atomic E-state index is 12.0. The smallest absolute Gasteiger partial charge is 0.343 e. The predicted octanol–water partition coefficient (Wildman–Crippen LogP) is 1.51. The molecule has 1 amide bonds. The van der Waals surface area contributed by atoms with E-state index in [1.54, 1.807) is 24.9 Å². The van der Waals surface area contributed by atoms with Crippen LogP contribution >= 0.6 is 0 Å². The number of cyclic esters (lactones) is 1. The van der Waals surface area contributed by atoms with Gasteiger partial charge in [-0.2, -0.15) is 0 Å². The second-order valence-corrected chi connectivity index (χ2v) is 4.17. The van der Waals surface area contributed by atoms with Gasteiger partial charge in [-0.25, -0.2) is 4.79 Å². The van der Waals surface area contributed by atoms with Crippen LogP contribution in [0.25, 0.3) is 0 Å². The number of nitrogens with zero attached hydrogens (tertiary/aromatic N) is 1. The van der Waals surface area contributed by atoms with Crippen LogP contribution in [0.1, 0.15) is 33.6 Å². The Morgan fingerprint density at radius 2 is 2.00 bits per heavy atom. The van der Waals surface area contributed by atoms with Crippen LogP contribution in [0.4, 0.5) is 0 Å². The number of esters is 1. The fraction of sp³-hybridized carbons (Fsp3) is 0.667. The lowest BCUT2D eigenvalue weighted by Crippen LogP contribution is -2.40. The standard InChI is InChI=1S/C12H19NO3/c1-5-6-7-10-11(14)13(4)8(2)9(3)16-12(10)15/h7-9H,5-6H2,1-4H3/b10-7+/t8-,9+/m0/s1. The summed E-state index contributed by atoms with van der Waals surface area (Å²) in [5, 5.41) is 0. The summed E-state index contributed by atoms with van der Waals surface area (Å²) in [6.45, 7) is 5.67. The van der Waals surface area contributed by atoms with Crippen molar-refractivity contribution in [1.29, 1.82) is 0 Å². The van der Waals surface area contributed by atoms with Gasteiger partial charge in [0.25, 0.3) is 5.91 Å². The number of allylic oxidation sites excluding steroid dienone is 1. The minimum absolute atomic E-state index is 0.0935. The minimum atomic E-state index is -0.498. The summed E-state index contributed by atoms with van der Waals surface area (Å²) < 4.78 is 5.20. The highest BCUT2D eigenvalue weighted by Gasteiger charge is 2.34. The Kier molecular flexibility index (Phi) is 4.10. The Morgan fingerprint density at radius 3 is 2.56 bits per heavy atom. The fourth-order valence-corrected chi connectivity index (χ4v) is 1.57. The van der Waals surface area contributed by atoms with E-state index in [-0.39, 0.29) is 23.6 Å². The summed E-state index contributed by atoms with van der Waals surface area (Å²) in [6.07, 6.45) is 3.02. The first kappa shape index (κ1) is 12.7. The normalized spacial score (nSPS) is 29.2. The molecule has 0 bridgehead atoms. The van der Waals surface area contributed by atoms with Gasteiger partial charge in [0, 0.05) is 7.05 Å². The third kappa shape index (κ3) is 2.43. The van der Waals surface area contributed by atoms with Crippen LogP contribution in [0.3, 0.4) is 0 Å². The molecule has 0 aromatic rings. The van der Waals surface area contributed by atoms with Crippen molar-refractivity contribution in [3.05, 3.63) is 11.6 Å². The number of unbranched alkanes of at least 4 members (excludes halogenated alkanes) is 1. The van der Waals surface area contributed by atoms with Crippen LogP contribution in [0.2, 0.25) is 0 Å². The van der Waals surface area contributed by atoms with Gasteiger partial charge in [-0.1, -0.05) is 19.4 Å². The molecule has 0 N–H and O–H groups in total. The molecule has 0 aliphatic carbocycles. The second kappa shape index (κ2) is 5.14. The Hall–Kier alpha value is -1.32. The van der Waals surface area contributed by atoms with Crippen LogP contribution in [0.5, 0.6) is 0 Å². The molecule has 0 aromatic heterocycles. The van der Waals surface area contributed by atoms with E-state index in [0.29, 0.717) is 6.42 Å². The highest BCUT2D eigenvalue weighted by atomic mass is 16.5. The third-order valence-electron chi connectivity index (χ3n) is 2.99. The van der Waals surface area contributed by atoms with Gasteiger partial charge in [0.1, 0.15) is 11.7 Å². The summed E-state index contributed by atoms with van der Waals surface area (Å²) in [5.74, 6) is -0.738. The van der Waals surface area contributed by atoms with Gasteiger partial charge in [0.05, 0.1) is 6.04 Å². The molecule has 2 atom stereocenters. The van der Waals surface area contributed by atoms with Crippen molar-refractivity contribution in [3.63, 3.8) is 0 Å². The lowest BCUT2D eigenvalue weighted by molar-refractivity contribution is -0.143. The number of likely N-dealkylation sites (N-methyl/N-ethyl adjacent to an activating group) is 1. The molecule has 4 heteroatoms. The van der Waals surface area contributed by atoms with E-state index in [1.165, 1.54) is 0 Å². The van der Waals surface area contributed by atoms with E-state index in [9.17, 15) is 9.59 Å². The lowest BCUT2D eigenvalue weighted by Gasteiger charge is -2.25. The molecular weight excluding hydrogens is 206 g/mol. The predicted molar refractivity (Wildman–Crippen MR) is 60.8 cm³/mol. The van der Waals surface area contributed by atoms with Gasteiger partial charge < -0.3 is 9.64 Å². The van der Waals surface area contributed by atoms with Crippen LogP contribution in [0, 0.1) is 0 Å². The number of ether oxygens (including phenoxy) is 1. The van der Waals surface area contributed by atoms with E-state index >= 15 is 0 Å². The molecule has 1 fully saturated rings. The van der Waals surface area contributed by atoms with E-state index in [0.717, 1.165) is 6.42 Å². The molecule has 0 aromatic carbocycles. The number of amides is 1. The van der Waals surface area contributed by atoms with Gasteiger partial charge in [-0.05, 0) is 20.3 Å². The van der Waals surface area contributed by atoms with Crippen LogP contribution in [-0.2, 0) is 14.3 Å². The number of carbonyl (C=O) groups is 2. The first-order chi connectivity index (χ1) is 7.49. The molecule has 1 aliphatic rings. The summed E-state index contributed by atoms with van der Waals surface area (Å²) in [7, 11) is 1.70. The van der Waals surface area contributed by atoms with Crippen LogP contribution in [0.15, 0.2) is 11.6 Å². The maximum Gasteiger partial charge on any atom is 0.343 e. The zero-order chi connectivity index (χ0) is 12.3. The molecule has 0 spiro atoms. The highest BCUT2D eigenvalue weighted by Crippen LogP contribution is 2.18. The van der Waals surface area contributed by atoms with Crippen molar-refractivity contribution in [2.45, 2.75) is 45.8 Å². The molecule has 1 heterocycles. The summed E-state index contributed by atoms with van der Waals surface area (Å²) >= 11 is 0. The Morgan fingerprint density at radius 1 is 1.38 bits per heavy atom. The zero-order valence-electron chi connectivity index (χ0n) is 10.3. The molecule has 4 nitrogen and oxygen atoms in total. The van der Waals surface area contributed by atoms with E-state index in [4.69, 9.17) is 4.74 Å². The molecule has 0 unspecified atom stereocenters. The average molecular weight is 225 g/mol. The Labute approximate surface area is 96.3 Å². The highest BCUT2D eigenvalue weighted by molar-refractivity contribution is 6.16. The Bertz CT molecular complexity index is 322. The van der Waals surface area contributed by atoms with Crippen molar-refractivity contribution in [3.8, 4) is 0 Å². The molecule has 0 radical (unpaired) electrons. The van der Waals surface area contributed by atoms with Crippen molar-refractivity contribution in [1.82, 2.24) is 4.90 Å². The maximum atomic E-state index is 12.0. The van der Waals surface area contributed by atoms with Crippen molar-refractivity contribution in [2.24, 2.45) is 0 Å². The first-order valence-electron chi connectivity index (χ1n) is 5.67. The number of carbonyl (C=O) groups excluding carboxylic acids is 2. The number of hydrogen-bond donors (Lipinski definition) is 0. The van der Waals surface area contributed by atoms with Gasteiger partial charge in [-0.3, -0.25) is 4.79 Å². The monoisotopic (exact) mass is 225 g/mol. The van der Waals surface area contributed by atoms with E-state index in [2.05, 4.69) is 0 Å². The number of rotatable bonds is 2.